The first-order chi connectivity index (χ1) is 9.87. The van der Waals surface area contributed by atoms with E-state index in [1.165, 1.54) is 11.0 Å². The average Bonchev–Trinajstić information content (AvgIpc) is 2.45. The van der Waals surface area contributed by atoms with Gasteiger partial charge in [-0.2, -0.15) is 13.2 Å². The second-order valence-electron chi connectivity index (χ2n) is 4.99. The Hall–Kier alpha value is -1.92. The molecule has 2 rings (SSSR count). The molecule has 1 heterocycles. The second kappa shape index (κ2) is 6.24. The molecule has 0 unspecified atom stereocenters. The number of rotatable bonds is 3. The van der Waals surface area contributed by atoms with Gasteiger partial charge < -0.3 is 14.7 Å². The maximum atomic E-state index is 12.3. The highest BCUT2D eigenvalue weighted by atomic mass is 19.4. The average molecular weight is 303 g/mol. The molecule has 0 aromatic heterocycles. The van der Waals surface area contributed by atoms with Gasteiger partial charge in [-0.25, -0.2) is 4.79 Å². The Balaban J connectivity index is 2.05. The summed E-state index contributed by atoms with van der Waals surface area (Å²) in [6, 6.07) is 6.64. The van der Waals surface area contributed by atoms with Crippen molar-refractivity contribution < 1.29 is 27.8 Å². The number of likely N-dealkylation sites (tertiary alicyclic amines) is 1. The van der Waals surface area contributed by atoms with E-state index in [0.29, 0.717) is 31.5 Å². The summed E-state index contributed by atoms with van der Waals surface area (Å²) in [4.78, 5) is 12.2. The van der Waals surface area contributed by atoms with Crippen LogP contribution in [0.4, 0.5) is 18.0 Å². The van der Waals surface area contributed by atoms with Gasteiger partial charge in [-0.3, -0.25) is 0 Å². The minimum atomic E-state index is -4.38. The summed E-state index contributed by atoms with van der Waals surface area (Å²) in [7, 11) is 0. The molecule has 116 valence electrons. The van der Waals surface area contributed by atoms with Gasteiger partial charge in [0.25, 0.3) is 0 Å². The van der Waals surface area contributed by atoms with E-state index in [9.17, 15) is 18.0 Å². The molecule has 1 aliphatic heterocycles. The first-order valence-electron chi connectivity index (χ1n) is 6.63. The largest absolute Gasteiger partial charge is 0.484 e. The fraction of sp³-hybridized carbons (Fsp3) is 0.500. The van der Waals surface area contributed by atoms with Crippen molar-refractivity contribution in [2.45, 2.75) is 24.9 Å². The third kappa shape index (κ3) is 4.27. The van der Waals surface area contributed by atoms with Crippen molar-refractivity contribution in [2.75, 3.05) is 19.7 Å². The molecular formula is C14H16F3NO3. The van der Waals surface area contributed by atoms with Crippen LogP contribution in [0.1, 0.15) is 24.3 Å². The van der Waals surface area contributed by atoms with Crippen LogP contribution in [-0.2, 0) is 0 Å². The number of alkyl halides is 3. The maximum absolute atomic E-state index is 12.3. The lowest BCUT2D eigenvalue weighted by atomic mass is 9.89. The number of amides is 1. The Morgan fingerprint density at radius 1 is 1.29 bits per heavy atom. The Kier molecular flexibility index (Phi) is 4.59. The number of nitrogens with zero attached hydrogens (tertiary/aromatic N) is 1. The first kappa shape index (κ1) is 15.5. The summed E-state index contributed by atoms with van der Waals surface area (Å²) < 4.78 is 41.6. The number of benzene rings is 1. The first-order valence-corrected chi connectivity index (χ1v) is 6.63. The molecular weight excluding hydrogens is 287 g/mol. The molecule has 1 aliphatic rings. The molecule has 0 aliphatic carbocycles. The van der Waals surface area contributed by atoms with Gasteiger partial charge in [-0.1, -0.05) is 18.2 Å². The standard InChI is InChI=1S/C14H16F3NO3/c15-14(16,17)9-21-12-4-2-1-3-11(12)10-5-7-18(8-6-10)13(19)20/h1-4,10H,5-9H2,(H,19,20). The van der Waals surface area contributed by atoms with Crippen LogP contribution in [0, 0.1) is 0 Å². The Labute approximate surface area is 120 Å². The molecule has 0 saturated carbocycles. The molecule has 1 N–H and O–H groups in total. The van der Waals surface area contributed by atoms with Crippen molar-refractivity contribution >= 4 is 6.09 Å². The molecule has 0 radical (unpaired) electrons. The number of carboxylic acid groups (broad SMARTS) is 1. The quantitative estimate of drug-likeness (QED) is 0.930. The van der Waals surface area contributed by atoms with Gasteiger partial charge in [-0.15, -0.1) is 0 Å². The molecule has 0 bridgehead atoms. The van der Waals surface area contributed by atoms with E-state index in [-0.39, 0.29) is 11.7 Å². The molecule has 1 saturated heterocycles. The summed E-state index contributed by atoms with van der Waals surface area (Å²) in [5, 5.41) is 8.90. The number of hydrogen-bond donors (Lipinski definition) is 1. The van der Waals surface area contributed by atoms with Gasteiger partial charge in [0.1, 0.15) is 5.75 Å². The zero-order valence-electron chi connectivity index (χ0n) is 11.3. The summed E-state index contributed by atoms with van der Waals surface area (Å²) in [5.74, 6) is 0.244. The van der Waals surface area contributed by atoms with Crippen LogP contribution in [0.3, 0.4) is 0 Å². The monoisotopic (exact) mass is 303 g/mol. The zero-order chi connectivity index (χ0) is 15.5. The van der Waals surface area contributed by atoms with E-state index in [0.717, 1.165) is 0 Å². The van der Waals surface area contributed by atoms with Crippen molar-refractivity contribution in [1.29, 1.82) is 0 Å². The molecule has 21 heavy (non-hydrogen) atoms. The third-order valence-electron chi connectivity index (χ3n) is 3.52. The van der Waals surface area contributed by atoms with Crippen LogP contribution in [0.5, 0.6) is 5.75 Å². The van der Waals surface area contributed by atoms with E-state index >= 15 is 0 Å². The van der Waals surface area contributed by atoms with Crippen LogP contribution in [-0.4, -0.2) is 42.0 Å². The molecule has 7 heteroatoms. The summed E-state index contributed by atoms with van der Waals surface area (Å²) in [6.07, 6.45) is -4.17. The van der Waals surface area contributed by atoms with Crippen molar-refractivity contribution in [1.82, 2.24) is 4.90 Å². The third-order valence-corrected chi connectivity index (χ3v) is 3.52. The lowest BCUT2D eigenvalue weighted by Gasteiger charge is -2.31. The normalized spacial score (nSPS) is 16.8. The summed E-state index contributed by atoms with van der Waals surface area (Å²) >= 11 is 0. The minimum absolute atomic E-state index is 0.0185. The van der Waals surface area contributed by atoms with E-state index in [4.69, 9.17) is 9.84 Å². The molecule has 0 atom stereocenters. The minimum Gasteiger partial charge on any atom is -0.484 e. The van der Waals surface area contributed by atoms with E-state index in [2.05, 4.69) is 0 Å². The Morgan fingerprint density at radius 3 is 2.48 bits per heavy atom. The van der Waals surface area contributed by atoms with Gasteiger partial charge in [-0.05, 0) is 30.4 Å². The second-order valence-corrected chi connectivity index (χ2v) is 4.99. The molecule has 1 amide bonds. The van der Waals surface area contributed by atoms with Gasteiger partial charge in [0, 0.05) is 13.1 Å². The van der Waals surface area contributed by atoms with Crippen molar-refractivity contribution in [3.05, 3.63) is 29.8 Å². The number of halogens is 3. The highest BCUT2D eigenvalue weighted by Crippen LogP contribution is 2.34. The fourth-order valence-corrected chi connectivity index (χ4v) is 2.49. The highest BCUT2D eigenvalue weighted by molar-refractivity contribution is 5.65. The molecule has 4 nitrogen and oxygen atoms in total. The molecule has 1 aromatic carbocycles. The molecule has 1 aromatic rings. The summed E-state index contributed by atoms with van der Waals surface area (Å²) in [5.41, 5.74) is 0.715. The molecule has 0 spiro atoms. The maximum Gasteiger partial charge on any atom is 0.422 e. The zero-order valence-corrected chi connectivity index (χ0v) is 11.3. The SMILES string of the molecule is O=C(O)N1CCC(c2ccccc2OCC(F)(F)F)CC1. The van der Waals surface area contributed by atoms with Gasteiger partial charge in [0.15, 0.2) is 6.61 Å². The predicted octanol–water partition coefficient (Wildman–Crippen LogP) is 3.49. The number of ether oxygens (including phenoxy) is 1. The van der Waals surface area contributed by atoms with E-state index < -0.39 is 18.9 Å². The lowest BCUT2D eigenvalue weighted by molar-refractivity contribution is -0.153. The van der Waals surface area contributed by atoms with Gasteiger partial charge in [0.05, 0.1) is 0 Å². The number of piperidine rings is 1. The van der Waals surface area contributed by atoms with Crippen molar-refractivity contribution in [2.24, 2.45) is 0 Å². The fourth-order valence-electron chi connectivity index (χ4n) is 2.49. The number of para-hydroxylation sites is 1. The predicted molar refractivity (Wildman–Crippen MR) is 69.6 cm³/mol. The van der Waals surface area contributed by atoms with Crippen LogP contribution in [0.25, 0.3) is 0 Å². The van der Waals surface area contributed by atoms with Gasteiger partial charge in [0.2, 0.25) is 0 Å². The van der Waals surface area contributed by atoms with E-state index in [1.54, 1.807) is 18.2 Å². The van der Waals surface area contributed by atoms with Gasteiger partial charge >= 0.3 is 12.3 Å². The van der Waals surface area contributed by atoms with Crippen LogP contribution >= 0.6 is 0 Å². The smallest absolute Gasteiger partial charge is 0.422 e. The molecule has 1 fully saturated rings. The van der Waals surface area contributed by atoms with Crippen molar-refractivity contribution in [3.63, 3.8) is 0 Å². The lowest BCUT2D eigenvalue weighted by Crippen LogP contribution is -2.36. The Morgan fingerprint density at radius 2 is 1.90 bits per heavy atom. The summed E-state index contributed by atoms with van der Waals surface area (Å²) in [6.45, 7) is -0.556. The highest BCUT2D eigenvalue weighted by Gasteiger charge is 2.30. The van der Waals surface area contributed by atoms with Crippen LogP contribution in [0.2, 0.25) is 0 Å². The number of hydrogen-bond acceptors (Lipinski definition) is 2. The number of carbonyl (C=O) groups is 1. The van der Waals surface area contributed by atoms with Crippen molar-refractivity contribution in [3.8, 4) is 5.75 Å². The topological polar surface area (TPSA) is 49.8 Å². The Bertz CT molecular complexity index is 496. The van der Waals surface area contributed by atoms with E-state index in [1.807, 2.05) is 0 Å². The van der Waals surface area contributed by atoms with Crippen LogP contribution in [0.15, 0.2) is 24.3 Å². The van der Waals surface area contributed by atoms with Crippen LogP contribution < -0.4 is 4.74 Å².